The fourth-order valence-corrected chi connectivity index (χ4v) is 4.15. The second-order valence-electron chi connectivity index (χ2n) is 7.17. The number of sulfonamides is 1. The molecule has 0 saturated carbocycles. The van der Waals surface area contributed by atoms with Crippen molar-refractivity contribution in [3.05, 3.63) is 81.1 Å². The molecule has 0 aliphatic rings. The van der Waals surface area contributed by atoms with Gasteiger partial charge in [-0.05, 0) is 61.9 Å². The van der Waals surface area contributed by atoms with Gasteiger partial charge in [0.25, 0.3) is 0 Å². The molecule has 0 spiro atoms. The zero-order valence-electron chi connectivity index (χ0n) is 17.3. The smallest absolute Gasteiger partial charge is 0.310 e. The number of esters is 1. The number of aryl methyl sites for hydroxylation is 1. The number of nitrogens with zero attached hydrogens (tertiary/aromatic N) is 1. The first-order chi connectivity index (χ1) is 15.0. The predicted octanol–water partition coefficient (Wildman–Crippen LogP) is 4.02. The minimum atomic E-state index is -3.80. The maximum atomic E-state index is 12.7. The highest BCUT2D eigenvalue weighted by Gasteiger charge is 2.19. The van der Waals surface area contributed by atoms with Crippen LogP contribution in [0.25, 0.3) is 5.69 Å². The third kappa shape index (κ3) is 5.39. The molecule has 3 aromatic rings. The van der Waals surface area contributed by atoms with Crippen LogP contribution in [0.5, 0.6) is 0 Å². The first-order valence-electron chi connectivity index (χ1n) is 9.42. The molecule has 2 aromatic carbocycles. The standard InChI is InChI=1S/C22H20Cl2N2O5S/c1-13-9-18(14(2)26(13)16-4-6-17(7-5-16)32(25,29)30)21(27)12-31-22(28)11-15-3-8-19(23)20(24)10-15/h3-10H,11-12H2,1-2H3,(H2,25,29,30). The van der Waals surface area contributed by atoms with Gasteiger partial charge in [-0.15, -0.1) is 0 Å². The lowest BCUT2D eigenvalue weighted by Gasteiger charge is -2.11. The Labute approximate surface area is 195 Å². The van der Waals surface area contributed by atoms with Crippen molar-refractivity contribution in [2.24, 2.45) is 5.14 Å². The average molecular weight is 495 g/mol. The summed E-state index contributed by atoms with van der Waals surface area (Å²) in [5.74, 6) is -0.919. The molecule has 0 radical (unpaired) electrons. The summed E-state index contributed by atoms with van der Waals surface area (Å²) >= 11 is 11.8. The van der Waals surface area contributed by atoms with E-state index in [-0.39, 0.29) is 17.1 Å². The van der Waals surface area contributed by atoms with Crippen molar-refractivity contribution >= 4 is 45.0 Å². The highest BCUT2D eigenvalue weighted by molar-refractivity contribution is 7.89. The van der Waals surface area contributed by atoms with Gasteiger partial charge in [-0.2, -0.15) is 0 Å². The minimum absolute atomic E-state index is 0.00565. The molecule has 0 aliphatic carbocycles. The molecule has 0 atom stereocenters. The first-order valence-corrected chi connectivity index (χ1v) is 11.7. The number of primary sulfonamides is 1. The van der Waals surface area contributed by atoms with Gasteiger partial charge in [-0.3, -0.25) is 9.59 Å². The summed E-state index contributed by atoms with van der Waals surface area (Å²) in [4.78, 5) is 24.8. The molecule has 1 aromatic heterocycles. The van der Waals surface area contributed by atoms with E-state index in [9.17, 15) is 18.0 Å². The third-order valence-electron chi connectivity index (χ3n) is 4.85. The van der Waals surface area contributed by atoms with Crippen LogP contribution in [0.1, 0.15) is 27.3 Å². The molecule has 7 nitrogen and oxygen atoms in total. The summed E-state index contributed by atoms with van der Waals surface area (Å²) in [5.41, 5.74) is 3.09. The van der Waals surface area contributed by atoms with Crippen LogP contribution in [0.3, 0.4) is 0 Å². The molecule has 10 heteroatoms. The van der Waals surface area contributed by atoms with Gasteiger partial charge in [-0.1, -0.05) is 29.3 Å². The summed E-state index contributed by atoms with van der Waals surface area (Å²) < 4.78 is 29.9. The van der Waals surface area contributed by atoms with Crippen LogP contribution in [0, 0.1) is 13.8 Å². The number of ether oxygens (including phenoxy) is 1. The molecule has 0 amide bonds. The Morgan fingerprint density at radius 3 is 2.25 bits per heavy atom. The first kappa shape index (κ1) is 24.0. The van der Waals surface area contributed by atoms with Crippen LogP contribution in [0.2, 0.25) is 10.0 Å². The monoisotopic (exact) mass is 494 g/mol. The predicted molar refractivity (Wildman–Crippen MR) is 122 cm³/mol. The van der Waals surface area contributed by atoms with Crippen molar-refractivity contribution in [2.75, 3.05) is 6.61 Å². The maximum absolute atomic E-state index is 12.7. The topological polar surface area (TPSA) is 108 Å². The number of aromatic nitrogens is 1. The van der Waals surface area contributed by atoms with Crippen LogP contribution >= 0.6 is 23.2 Å². The van der Waals surface area contributed by atoms with Gasteiger partial charge in [0.2, 0.25) is 15.8 Å². The number of carbonyl (C=O) groups is 2. The number of Topliss-reactive ketones (excluding diaryl/α,β-unsaturated/α-hetero) is 1. The minimum Gasteiger partial charge on any atom is -0.457 e. The van der Waals surface area contributed by atoms with Crippen molar-refractivity contribution < 1.29 is 22.7 Å². The number of hydrogen-bond acceptors (Lipinski definition) is 5. The lowest BCUT2D eigenvalue weighted by atomic mass is 10.1. The van der Waals surface area contributed by atoms with Crippen molar-refractivity contribution in [1.82, 2.24) is 4.57 Å². The largest absolute Gasteiger partial charge is 0.457 e. The van der Waals surface area contributed by atoms with E-state index in [0.29, 0.717) is 32.6 Å². The van der Waals surface area contributed by atoms with Crippen LogP contribution in [-0.2, 0) is 26.0 Å². The van der Waals surface area contributed by atoms with E-state index in [2.05, 4.69) is 0 Å². The maximum Gasteiger partial charge on any atom is 0.310 e. The normalized spacial score (nSPS) is 11.4. The molecular formula is C22H20Cl2N2O5S. The number of hydrogen-bond donors (Lipinski definition) is 1. The van der Waals surface area contributed by atoms with Crippen molar-refractivity contribution in [3.8, 4) is 5.69 Å². The Balaban J connectivity index is 1.71. The molecule has 168 valence electrons. The number of rotatable bonds is 7. The fourth-order valence-electron chi connectivity index (χ4n) is 3.32. The Bertz CT molecular complexity index is 1300. The lowest BCUT2D eigenvalue weighted by molar-refractivity contribution is -0.141. The summed E-state index contributed by atoms with van der Waals surface area (Å²) in [7, 11) is -3.80. The van der Waals surface area contributed by atoms with Gasteiger partial charge in [0.1, 0.15) is 0 Å². The number of halogens is 2. The Kier molecular flexibility index (Phi) is 7.09. The van der Waals surface area contributed by atoms with Crippen LogP contribution < -0.4 is 5.14 Å². The summed E-state index contributed by atoms with van der Waals surface area (Å²) in [6, 6.07) is 12.5. The SMILES string of the molecule is Cc1cc(C(=O)COC(=O)Cc2ccc(Cl)c(Cl)c2)c(C)n1-c1ccc(S(N)(=O)=O)cc1. The van der Waals surface area contributed by atoms with E-state index in [4.69, 9.17) is 33.1 Å². The van der Waals surface area contributed by atoms with E-state index in [1.165, 1.54) is 12.1 Å². The lowest BCUT2D eigenvalue weighted by Crippen LogP contribution is -2.16. The molecular weight excluding hydrogens is 475 g/mol. The zero-order chi connectivity index (χ0) is 23.6. The van der Waals surface area contributed by atoms with E-state index >= 15 is 0 Å². The van der Waals surface area contributed by atoms with E-state index in [0.717, 1.165) is 5.69 Å². The van der Waals surface area contributed by atoms with Crippen molar-refractivity contribution in [3.63, 3.8) is 0 Å². The molecule has 0 aliphatic heterocycles. The number of nitrogens with two attached hydrogens (primary N) is 1. The van der Waals surface area contributed by atoms with Gasteiger partial charge in [0, 0.05) is 22.6 Å². The quantitative estimate of drug-likeness (QED) is 0.394. The van der Waals surface area contributed by atoms with Crippen LogP contribution in [0.15, 0.2) is 53.4 Å². The molecule has 1 heterocycles. The number of carbonyl (C=O) groups excluding carboxylic acids is 2. The highest BCUT2D eigenvalue weighted by Crippen LogP contribution is 2.24. The fraction of sp³-hybridized carbons (Fsp3) is 0.182. The Morgan fingerprint density at radius 1 is 1.00 bits per heavy atom. The molecule has 32 heavy (non-hydrogen) atoms. The number of benzene rings is 2. The number of ketones is 1. The van der Waals surface area contributed by atoms with Crippen LogP contribution in [0.4, 0.5) is 0 Å². The van der Waals surface area contributed by atoms with E-state index < -0.39 is 22.6 Å². The summed E-state index contributed by atoms with van der Waals surface area (Å²) in [5, 5.41) is 5.85. The van der Waals surface area contributed by atoms with Gasteiger partial charge in [0.15, 0.2) is 6.61 Å². The van der Waals surface area contributed by atoms with Crippen molar-refractivity contribution in [2.45, 2.75) is 25.2 Å². The molecule has 0 bridgehead atoms. The molecule has 0 unspecified atom stereocenters. The summed E-state index contributed by atoms with van der Waals surface area (Å²) in [6.07, 6.45) is -0.0421. The van der Waals surface area contributed by atoms with Crippen molar-refractivity contribution in [1.29, 1.82) is 0 Å². The van der Waals surface area contributed by atoms with E-state index in [1.54, 1.807) is 47.9 Å². The molecule has 2 N–H and O–H groups in total. The van der Waals surface area contributed by atoms with Gasteiger partial charge in [0.05, 0.1) is 21.4 Å². The second kappa shape index (κ2) is 9.46. The summed E-state index contributed by atoms with van der Waals surface area (Å²) in [6.45, 7) is 3.16. The highest BCUT2D eigenvalue weighted by atomic mass is 35.5. The molecule has 3 rings (SSSR count). The van der Waals surface area contributed by atoms with Gasteiger partial charge < -0.3 is 9.30 Å². The van der Waals surface area contributed by atoms with Gasteiger partial charge in [-0.25, -0.2) is 13.6 Å². The molecule has 0 saturated heterocycles. The van der Waals surface area contributed by atoms with E-state index in [1.807, 2.05) is 6.92 Å². The second-order valence-corrected chi connectivity index (χ2v) is 9.54. The zero-order valence-corrected chi connectivity index (χ0v) is 19.6. The molecule has 0 fully saturated rings. The third-order valence-corrected chi connectivity index (χ3v) is 6.52. The van der Waals surface area contributed by atoms with Gasteiger partial charge >= 0.3 is 5.97 Å². The Morgan fingerprint density at radius 2 is 1.66 bits per heavy atom. The van der Waals surface area contributed by atoms with Crippen LogP contribution in [-0.4, -0.2) is 31.3 Å². The Hall–Kier alpha value is -2.65. The average Bonchev–Trinajstić information content (AvgIpc) is 3.02.